The summed E-state index contributed by atoms with van der Waals surface area (Å²) < 4.78 is 18.9. The van der Waals surface area contributed by atoms with Crippen molar-refractivity contribution >= 4 is 77.7 Å². The average Bonchev–Trinajstić information content (AvgIpc) is 1.27. The summed E-state index contributed by atoms with van der Waals surface area (Å²) in [5, 5.41) is 4.61. The molecule has 600 valence electrons. The van der Waals surface area contributed by atoms with Crippen molar-refractivity contribution in [2.75, 3.05) is 9.80 Å². The highest BCUT2D eigenvalue weighted by Crippen LogP contribution is 2.66. The fourth-order valence-electron chi connectivity index (χ4n) is 20.3. The van der Waals surface area contributed by atoms with Gasteiger partial charge in [0.05, 0.1) is 55.6 Å². The van der Waals surface area contributed by atoms with Gasteiger partial charge in [-0.15, -0.1) is 0 Å². The Kier molecular flexibility index (Phi) is 17.1. The topological polar surface area (TPSA) is 112 Å². The van der Waals surface area contributed by atoms with Crippen LogP contribution in [0.3, 0.4) is 0 Å². The Bertz CT molecular complexity index is 7940. The van der Waals surface area contributed by atoms with Gasteiger partial charge in [0.1, 0.15) is 23.0 Å². The van der Waals surface area contributed by atoms with Crippen LogP contribution >= 0.6 is 0 Å². The van der Waals surface area contributed by atoms with E-state index in [9.17, 15) is 0 Å². The maximum atomic E-state index is 7.09. The molecule has 26 rings (SSSR count). The van der Waals surface area contributed by atoms with Crippen LogP contribution in [-0.2, 0) is 10.8 Å². The summed E-state index contributed by atoms with van der Waals surface area (Å²) in [5.74, 6) is 7.09. The van der Waals surface area contributed by atoms with Gasteiger partial charge in [0.2, 0.25) is 0 Å². The average molecular weight is 1640 g/mol. The van der Waals surface area contributed by atoms with Gasteiger partial charge in [-0.05, 0) is 144 Å². The van der Waals surface area contributed by atoms with Gasteiger partial charge in [0.25, 0.3) is 0 Å². The van der Waals surface area contributed by atoms with Crippen LogP contribution in [0.2, 0.25) is 0 Å². The highest BCUT2D eigenvalue weighted by molar-refractivity contribution is 6.12. The van der Waals surface area contributed by atoms with Crippen LogP contribution in [0.25, 0.3) is 123 Å². The Balaban J connectivity index is 0.000000139. The van der Waals surface area contributed by atoms with Crippen molar-refractivity contribution in [3.8, 4) is 103 Å². The maximum absolute atomic E-state index is 7.09. The zero-order valence-electron chi connectivity index (χ0n) is 69.0. The van der Waals surface area contributed by atoms with Crippen molar-refractivity contribution in [2.45, 2.75) is 10.8 Å². The number of anilines is 6. The Morgan fingerprint density at radius 3 is 0.828 bits per heavy atom. The quantitative estimate of drug-likeness (QED) is 0.131. The van der Waals surface area contributed by atoms with Crippen molar-refractivity contribution in [3.63, 3.8) is 0 Å². The first-order valence-electron chi connectivity index (χ1n) is 43.2. The van der Waals surface area contributed by atoms with E-state index in [4.69, 9.17) is 39.4 Å². The van der Waals surface area contributed by atoms with Gasteiger partial charge in [0, 0.05) is 112 Å². The first kappa shape index (κ1) is 73.5. The van der Waals surface area contributed by atoms with Crippen molar-refractivity contribution in [1.82, 2.24) is 39.0 Å². The van der Waals surface area contributed by atoms with E-state index in [1.165, 1.54) is 27.6 Å². The second-order valence-corrected chi connectivity index (χ2v) is 32.7. The number of rotatable bonds is 10. The highest BCUT2D eigenvalue weighted by atomic mass is 16.5. The molecule has 0 unspecified atom stereocenters. The van der Waals surface area contributed by atoms with E-state index in [1.54, 1.807) is 0 Å². The predicted molar refractivity (Wildman–Crippen MR) is 514 cm³/mol. The summed E-state index contributed by atoms with van der Waals surface area (Å²) in [6.07, 6.45) is 0. The highest BCUT2D eigenvalue weighted by Gasteiger charge is 2.54. The monoisotopic (exact) mass is 1640 g/mol. The SMILES string of the molecule is c1ccc(-c2nc(-c3ccccc3)nc(-c3ccc(-n4c5ccccc5c5cc6c(cc54)Oc4ccccc4C64c5ccccc5N(c5ccccc5)c5ccccc54)cc3)n2)cc1.c1ccc(-c2nc(-c3ccccc3)nc(-c3cccc(-n4c5ccccc5c5cc6c(cc54)Oc4ccccc4C64c5ccccc5N(c5ccccc5)c5ccccc54)c3)n2)cc1. The number of hydrogen-bond donors (Lipinski definition) is 0. The second-order valence-electron chi connectivity index (χ2n) is 32.7. The predicted octanol–water partition coefficient (Wildman–Crippen LogP) is 28.5. The number of nitrogens with zero attached hydrogens (tertiary/aromatic N) is 10. The molecule has 0 saturated heterocycles. The zero-order chi connectivity index (χ0) is 84.4. The number of benzene rings is 18. The lowest BCUT2D eigenvalue weighted by Gasteiger charge is -2.48. The zero-order valence-corrected chi connectivity index (χ0v) is 69.0. The molecule has 8 heterocycles. The van der Waals surface area contributed by atoms with Crippen molar-refractivity contribution in [1.29, 1.82) is 0 Å². The Morgan fingerprint density at radius 2 is 0.453 bits per heavy atom. The van der Waals surface area contributed by atoms with Gasteiger partial charge in [0.15, 0.2) is 34.9 Å². The molecule has 12 nitrogen and oxygen atoms in total. The molecule has 4 aromatic heterocycles. The third kappa shape index (κ3) is 11.5. The van der Waals surface area contributed by atoms with Crippen LogP contribution in [0, 0.1) is 0 Å². The smallest absolute Gasteiger partial charge is 0.164 e. The number of fused-ring (bicyclic) bond motifs is 22. The third-order valence-electron chi connectivity index (χ3n) is 25.7. The molecule has 128 heavy (non-hydrogen) atoms. The number of ether oxygens (including phenoxy) is 2. The lowest BCUT2D eigenvalue weighted by molar-refractivity contribution is 0.434. The van der Waals surface area contributed by atoms with Gasteiger partial charge >= 0.3 is 0 Å². The maximum Gasteiger partial charge on any atom is 0.164 e. The Morgan fingerprint density at radius 1 is 0.172 bits per heavy atom. The molecule has 4 aliphatic heterocycles. The number of hydrogen-bond acceptors (Lipinski definition) is 10. The number of para-hydroxylation sites is 10. The van der Waals surface area contributed by atoms with Crippen LogP contribution in [0.1, 0.15) is 44.5 Å². The summed E-state index contributed by atoms with van der Waals surface area (Å²) in [4.78, 5) is 34.8. The first-order valence-corrected chi connectivity index (χ1v) is 43.2. The van der Waals surface area contributed by atoms with Crippen LogP contribution in [0.4, 0.5) is 34.1 Å². The first-order chi connectivity index (χ1) is 63.5. The molecule has 0 saturated carbocycles. The van der Waals surface area contributed by atoms with E-state index in [0.717, 1.165) is 162 Å². The minimum Gasteiger partial charge on any atom is -0.457 e. The lowest BCUT2D eigenvalue weighted by Crippen LogP contribution is -2.39. The largest absolute Gasteiger partial charge is 0.457 e. The Hall–Kier alpha value is -17.2. The second kappa shape index (κ2) is 29.8. The van der Waals surface area contributed by atoms with Gasteiger partial charge in [-0.25, -0.2) is 29.9 Å². The molecule has 0 N–H and O–H groups in total. The molecule has 18 aromatic carbocycles. The molecule has 0 radical (unpaired) electrons. The minimum absolute atomic E-state index is 0.605. The molecular weight excluding hydrogens is 1570 g/mol. The van der Waals surface area contributed by atoms with Crippen molar-refractivity contribution in [3.05, 3.63) is 493 Å². The fourth-order valence-corrected chi connectivity index (χ4v) is 20.3. The minimum atomic E-state index is -0.689. The summed E-state index contributed by atoms with van der Waals surface area (Å²) in [5.41, 5.74) is 26.5. The molecule has 0 atom stereocenters. The fraction of sp³-hybridized carbons (Fsp3) is 0.0172. The molecule has 2 spiro atoms. The summed E-state index contributed by atoms with van der Waals surface area (Å²) in [6.45, 7) is 0. The van der Waals surface area contributed by atoms with E-state index in [2.05, 4.69) is 347 Å². The normalized spacial score (nSPS) is 13.2. The summed E-state index contributed by atoms with van der Waals surface area (Å²) in [6, 6.07) is 158. The van der Waals surface area contributed by atoms with Gasteiger partial charge in [-0.1, -0.05) is 315 Å². The molecule has 0 fully saturated rings. The van der Waals surface area contributed by atoms with Crippen LogP contribution < -0.4 is 19.3 Å². The van der Waals surface area contributed by atoms with E-state index >= 15 is 0 Å². The molecular formula is C116H74N10O2. The van der Waals surface area contributed by atoms with Gasteiger partial charge in [-0.2, -0.15) is 0 Å². The van der Waals surface area contributed by atoms with E-state index in [0.29, 0.717) is 34.9 Å². The molecule has 0 aliphatic carbocycles. The molecule has 0 amide bonds. The summed E-state index contributed by atoms with van der Waals surface area (Å²) in [7, 11) is 0. The summed E-state index contributed by atoms with van der Waals surface area (Å²) >= 11 is 0. The number of aromatic nitrogens is 8. The lowest BCUT2D eigenvalue weighted by atomic mass is 9.61. The van der Waals surface area contributed by atoms with Crippen LogP contribution in [-0.4, -0.2) is 39.0 Å². The Labute approximate surface area is 738 Å². The van der Waals surface area contributed by atoms with Gasteiger partial charge in [-0.3, -0.25) is 0 Å². The standard InChI is InChI=1S/2C58H37N5O/c1-4-19-38(20-5-1)55-59-56(39-21-6-2-7-22-39)61-57(60-55)40-23-18-26-42(35-40)63-49-31-14-10-27-43(49)44-36-48-54(37-52(44)63)64-53-34-17-13-30-47(53)58(48)45-28-11-15-32-50(45)62(41-24-8-3-9-25-41)51-33-16-12-29-46(51)58;1-4-18-38(19-5-1)55-59-56(39-20-6-2-7-21-39)61-57(60-55)40-32-34-42(35-33-40)62-49-28-14-10-24-43(49)44-36-48-54(37-52(44)62)64-53-31-17-13-27-47(53)58(48)45-25-11-15-29-50(45)63(41-22-8-3-9-23-41)51-30-16-12-26-46(51)58/h2*1-37H. The van der Waals surface area contributed by atoms with E-state index < -0.39 is 10.8 Å². The van der Waals surface area contributed by atoms with E-state index in [-0.39, 0.29) is 0 Å². The molecule has 0 bridgehead atoms. The van der Waals surface area contributed by atoms with E-state index in [1.807, 2.05) is 121 Å². The molecule has 22 aromatic rings. The third-order valence-corrected chi connectivity index (χ3v) is 25.7. The molecule has 4 aliphatic rings. The molecule has 12 heteroatoms. The van der Waals surface area contributed by atoms with Crippen LogP contribution in [0.5, 0.6) is 23.0 Å². The van der Waals surface area contributed by atoms with Crippen molar-refractivity contribution < 1.29 is 9.47 Å². The van der Waals surface area contributed by atoms with Crippen molar-refractivity contribution in [2.24, 2.45) is 0 Å². The van der Waals surface area contributed by atoms with Crippen LogP contribution in [0.15, 0.2) is 449 Å². The van der Waals surface area contributed by atoms with Gasteiger partial charge < -0.3 is 28.4 Å².